The molecule has 0 bridgehead atoms. The second-order valence-corrected chi connectivity index (χ2v) is 8.28. The van der Waals surface area contributed by atoms with E-state index < -0.39 is 5.60 Å². The van der Waals surface area contributed by atoms with Gasteiger partial charge in [-0.1, -0.05) is 51.5 Å². The Morgan fingerprint density at radius 1 is 0.926 bits per heavy atom. The lowest BCUT2D eigenvalue weighted by molar-refractivity contribution is -0.00126. The van der Waals surface area contributed by atoms with Gasteiger partial charge in [-0.25, -0.2) is 0 Å². The van der Waals surface area contributed by atoms with Crippen LogP contribution in [0.2, 0.25) is 0 Å². The standard InChI is InChI=1S/C25H34O2/c1-7-19-11-12-22-20(15-19)24(8-2,9-3)16-25(10-4,27-22)21-14-17(5)13-18(6)23(21)26/h11-15,26H,7-10,16H2,1-6H3. The van der Waals surface area contributed by atoms with Gasteiger partial charge in [0.15, 0.2) is 0 Å². The Morgan fingerprint density at radius 2 is 1.63 bits per heavy atom. The molecule has 27 heavy (non-hydrogen) atoms. The molecule has 1 N–H and O–H groups in total. The maximum atomic E-state index is 10.9. The van der Waals surface area contributed by atoms with Crippen LogP contribution < -0.4 is 4.74 Å². The molecule has 1 heterocycles. The van der Waals surface area contributed by atoms with Crippen LogP contribution in [0, 0.1) is 13.8 Å². The molecule has 2 heteroatoms. The van der Waals surface area contributed by atoms with Crippen LogP contribution >= 0.6 is 0 Å². The van der Waals surface area contributed by atoms with Crippen molar-refractivity contribution in [2.75, 3.05) is 0 Å². The summed E-state index contributed by atoms with van der Waals surface area (Å²) in [7, 11) is 0. The number of hydrogen-bond donors (Lipinski definition) is 1. The summed E-state index contributed by atoms with van der Waals surface area (Å²) in [5, 5.41) is 10.9. The number of fused-ring (bicyclic) bond motifs is 1. The molecule has 0 spiro atoms. The molecule has 146 valence electrons. The third-order valence-electron chi connectivity index (χ3n) is 6.81. The smallest absolute Gasteiger partial charge is 0.138 e. The topological polar surface area (TPSA) is 29.5 Å². The highest BCUT2D eigenvalue weighted by molar-refractivity contribution is 5.51. The highest BCUT2D eigenvalue weighted by Crippen LogP contribution is 2.55. The Bertz CT molecular complexity index is 832. The number of aryl methyl sites for hydroxylation is 3. The number of phenols is 1. The van der Waals surface area contributed by atoms with Gasteiger partial charge in [-0.2, -0.15) is 0 Å². The van der Waals surface area contributed by atoms with E-state index in [1.54, 1.807) is 0 Å². The van der Waals surface area contributed by atoms with E-state index in [-0.39, 0.29) is 5.41 Å². The zero-order chi connectivity index (χ0) is 19.8. The molecule has 0 aromatic heterocycles. The molecule has 0 aliphatic carbocycles. The maximum absolute atomic E-state index is 10.9. The van der Waals surface area contributed by atoms with E-state index in [1.165, 1.54) is 16.7 Å². The van der Waals surface area contributed by atoms with Crippen LogP contribution in [0.15, 0.2) is 30.3 Å². The van der Waals surface area contributed by atoms with Crippen LogP contribution in [0.5, 0.6) is 11.5 Å². The average Bonchev–Trinajstić information content (AvgIpc) is 2.69. The minimum Gasteiger partial charge on any atom is -0.507 e. The molecule has 0 radical (unpaired) electrons. The van der Waals surface area contributed by atoms with Gasteiger partial charge in [0.1, 0.15) is 17.1 Å². The third kappa shape index (κ3) is 3.13. The Labute approximate surface area is 164 Å². The summed E-state index contributed by atoms with van der Waals surface area (Å²) in [5.41, 5.74) is 5.32. The average molecular weight is 367 g/mol. The number of aromatic hydroxyl groups is 1. The fourth-order valence-electron chi connectivity index (χ4n) is 4.91. The molecule has 3 rings (SSSR count). The molecule has 1 aliphatic rings. The lowest BCUT2D eigenvalue weighted by Gasteiger charge is -2.49. The summed E-state index contributed by atoms with van der Waals surface area (Å²) in [6.45, 7) is 13.0. The number of rotatable bonds is 5. The van der Waals surface area contributed by atoms with Gasteiger partial charge < -0.3 is 9.84 Å². The van der Waals surface area contributed by atoms with Crippen molar-refractivity contribution in [3.05, 3.63) is 58.1 Å². The molecule has 2 nitrogen and oxygen atoms in total. The van der Waals surface area contributed by atoms with Gasteiger partial charge >= 0.3 is 0 Å². The van der Waals surface area contributed by atoms with E-state index in [0.717, 1.165) is 49.0 Å². The maximum Gasteiger partial charge on any atom is 0.138 e. The van der Waals surface area contributed by atoms with Gasteiger partial charge in [0.2, 0.25) is 0 Å². The SMILES string of the molecule is CCc1ccc2c(c1)C(CC)(CC)CC(CC)(c1cc(C)cc(C)c1O)O2. The first kappa shape index (κ1) is 19.8. The van der Waals surface area contributed by atoms with E-state index in [2.05, 4.69) is 58.9 Å². The van der Waals surface area contributed by atoms with Crippen molar-refractivity contribution >= 4 is 0 Å². The van der Waals surface area contributed by atoms with Gasteiger partial charge in [0, 0.05) is 23.0 Å². The van der Waals surface area contributed by atoms with Crippen LogP contribution in [0.4, 0.5) is 0 Å². The minimum absolute atomic E-state index is 0.0683. The minimum atomic E-state index is -0.492. The van der Waals surface area contributed by atoms with Gasteiger partial charge in [0.25, 0.3) is 0 Å². The molecule has 0 saturated carbocycles. The quantitative estimate of drug-likeness (QED) is 0.636. The van der Waals surface area contributed by atoms with Gasteiger partial charge in [0.05, 0.1) is 0 Å². The summed E-state index contributed by atoms with van der Waals surface area (Å²) < 4.78 is 6.74. The van der Waals surface area contributed by atoms with Crippen LogP contribution in [0.25, 0.3) is 0 Å². The summed E-state index contributed by atoms with van der Waals surface area (Å²) in [4.78, 5) is 0. The lowest BCUT2D eigenvalue weighted by atomic mass is 9.64. The van der Waals surface area contributed by atoms with E-state index in [1.807, 2.05) is 13.0 Å². The van der Waals surface area contributed by atoms with E-state index in [9.17, 15) is 5.11 Å². The van der Waals surface area contributed by atoms with Crippen LogP contribution in [0.3, 0.4) is 0 Å². The van der Waals surface area contributed by atoms with Crippen molar-refractivity contribution in [2.24, 2.45) is 0 Å². The van der Waals surface area contributed by atoms with Crippen molar-refractivity contribution in [3.8, 4) is 11.5 Å². The molecular weight excluding hydrogens is 332 g/mol. The summed E-state index contributed by atoms with van der Waals surface area (Å²) >= 11 is 0. The van der Waals surface area contributed by atoms with E-state index >= 15 is 0 Å². The number of benzene rings is 2. The molecule has 1 atom stereocenters. The van der Waals surface area contributed by atoms with E-state index in [4.69, 9.17) is 4.74 Å². The monoisotopic (exact) mass is 366 g/mol. The Kier molecular flexibility index (Phi) is 5.29. The highest BCUT2D eigenvalue weighted by atomic mass is 16.5. The Hall–Kier alpha value is -1.96. The summed E-state index contributed by atoms with van der Waals surface area (Å²) in [6.07, 6.45) is 4.91. The third-order valence-corrected chi connectivity index (χ3v) is 6.81. The lowest BCUT2D eigenvalue weighted by Crippen LogP contribution is -2.45. The summed E-state index contributed by atoms with van der Waals surface area (Å²) in [5.74, 6) is 1.37. The predicted molar refractivity (Wildman–Crippen MR) is 113 cm³/mol. The highest BCUT2D eigenvalue weighted by Gasteiger charge is 2.49. The first-order valence-corrected chi connectivity index (χ1v) is 10.5. The largest absolute Gasteiger partial charge is 0.507 e. The van der Waals surface area contributed by atoms with Crippen molar-refractivity contribution in [3.63, 3.8) is 0 Å². The first-order valence-electron chi connectivity index (χ1n) is 10.5. The normalized spacial score (nSPS) is 20.8. The molecule has 1 unspecified atom stereocenters. The second-order valence-electron chi connectivity index (χ2n) is 8.28. The fraction of sp³-hybridized carbons (Fsp3) is 0.520. The van der Waals surface area contributed by atoms with Crippen molar-refractivity contribution in [2.45, 2.75) is 84.7 Å². The van der Waals surface area contributed by atoms with Gasteiger partial charge in [-0.15, -0.1) is 0 Å². The molecule has 2 aromatic carbocycles. The first-order chi connectivity index (χ1) is 12.8. The summed E-state index contributed by atoms with van der Waals surface area (Å²) in [6, 6.07) is 10.8. The molecule has 0 saturated heterocycles. The second kappa shape index (κ2) is 7.22. The zero-order valence-electron chi connectivity index (χ0n) is 17.8. The number of phenolic OH excluding ortho intramolecular Hbond substituents is 1. The van der Waals surface area contributed by atoms with E-state index in [0.29, 0.717) is 5.75 Å². The Morgan fingerprint density at radius 3 is 2.22 bits per heavy atom. The van der Waals surface area contributed by atoms with Crippen LogP contribution in [-0.4, -0.2) is 5.11 Å². The zero-order valence-corrected chi connectivity index (χ0v) is 17.8. The van der Waals surface area contributed by atoms with Crippen molar-refractivity contribution < 1.29 is 9.84 Å². The molecule has 0 fully saturated rings. The van der Waals surface area contributed by atoms with Crippen molar-refractivity contribution in [1.82, 2.24) is 0 Å². The van der Waals surface area contributed by atoms with Gasteiger partial charge in [-0.3, -0.25) is 0 Å². The van der Waals surface area contributed by atoms with Crippen LogP contribution in [-0.2, 0) is 17.4 Å². The van der Waals surface area contributed by atoms with Gasteiger partial charge in [-0.05, 0) is 62.8 Å². The molecule has 2 aromatic rings. The molecule has 1 aliphatic heterocycles. The Balaban J connectivity index is 2.25. The number of ether oxygens (including phenoxy) is 1. The molecular formula is C25H34O2. The number of hydrogen-bond acceptors (Lipinski definition) is 2. The fourth-order valence-corrected chi connectivity index (χ4v) is 4.91. The van der Waals surface area contributed by atoms with Crippen molar-refractivity contribution in [1.29, 1.82) is 0 Å². The van der Waals surface area contributed by atoms with Crippen LogP contribution in [0.1, 0.15) is 81.2 Å². The predicted octanol–water partition coefficient (Wildman–Crippen LogP) is 6.72. The molecule has 0 amide bonds.